The van der Waals surface area contributed by atoms with Gasteiger partial charge in [0.05, 0.1) is 19.2 Å². The predicted octanol–water partition coefficient (Wildman–Crippen LogP) is 2.48. The zero-order valence-electron chi connectivity index (χ0n) is 22.2. The molecule has 0 radical (unpaired) electrons. The van der Waals surface area contributed by atoms with Gasteiger partial charge in [0.2, 0.25) is 5.91 Å². The number of piperazine rings is 1. The van der Waals surface area contributed by atoms with Crippen LogP contribution in [0.4, 0.5) is 4.79 Å². The van der Waals surface area contributed by atoms with E-state index in [1.54, 1.807) is 36.1 Å². The van der Waals surface area contributed by atoms with Crippen LogP contribution >= 0.6 is 0 Å². The Morgan fingerprint density at radius 2 is 1.68 bits per heavy atom. The highest BCUT2D eigenvalue weighted by Gasteiger charge is 2.32. The van der Waals surface area contributed by atoms with Gasteiger partial charge in [0, 0.05) is 37.6 Å². The lowest BCUT2D eigenvalue weighted by Crippen LogP contribution is -2.53. The Morgan fingerprint density at radius 1 is 1.00 bits per heavy atom. The molecule has 12 nitrogen and oxygen atoms in total. The van der Waals surface area contributed by atoms with E-state index in [0.717, 1.165) is 5.39 Å². The number of fused-ring (bicyclic) bond motifs is 1. The van der Waals surface area contributed by atoms with Crippen molar-refractivity contribution < 1.29 is 38.5 Å². The van der Waals surface area contributed by atoms with Crippen molar-refractivity contribution in [1.29, 1.82) is 0 Å². The fraction of sp³-hybridized carbons (Fsp3) is 0.321. The summed E-state index contributed by atoms with van der Waals surface area (Å²) >= 11 is 0. The molecule has 1 aromatic heterocycles. The number of aromatic nitrogens is 1. The lowest BCUT2D eigenvalue weighted by Gasteiger charge is -2.36. The van der Waals surface area contributed by atoms with Crippen LogP contribution in [0.15, 0.2) is 54.6 Å². The van der Waals surface area contributed by atoms with Crippen LogP contribution < -0.4 is 14.8 Å². The molecule has 2 heterocycles. The van der Waals surface area contributed by atoms with E-state index >= 15 is 0 Å². The van der Waals surface area contributed by atoms with Gasteiger partial charge < -0.3 is 34.4 Å². The van der Waals surface area contributed by atoms with Crippen LogP contribution in [0.25, 0.3) is 10.9 Å². The molecule has 1 unspecified atom stereocenters. The Hall–Kier alpha value is -4.87. The SMILES string of the molecule is CCOC(=O)N1CCN(C(=O)C(NC(=O)c2cc(OC)c3ccccc3n2)c2ccc(OCC(=O)O)cc2)CC1. The first kappa shape index (κ1) is 28.1. The molecule has 0 bridgehead atoms. The second-order valence-electron chi connectivity index (χ2n) is 8.90. The van der Waals surface area contributed by atoms with Gasteiger partial charge >= 0.3 is 12.1 Å². The molecule has 0 aliphatic carbocycles. The summed E-state index contributed by atoms with van der Waals surface area (Å²) in [6.07, 6.45) is -0.437. The number of pyridine rings is 1. The number of aliphatic carboxylic acids is 1. The fourth-order valence-corrected chi connectivity index (χ4v) is 4.33. The molecule has 3 aromatic rings. The molecule has 2 N–H and O–H groups in total. The number of amides is 3. The van der Waals surface area contributed by atoms with Crippen LogP contribution in [-0.4, -0.2) is 90.3 Å². The Morgan fingerprint density at radius 3 is 2.33 bits per heavy atom. The summed E-state index contributed by atoms with van der Waals surface area (Å²) in [7, 11) is 1.50. The van der Waals surface area contributed by atoms with Crippen molar-refractivity contribution in [2.75, 3.05) is 46.5 Å². The smallest absolute Gasteiger partial charge is 0.409 e. The van der Waals surface area contributed by atoms with Crippen LogP contribution in [-0.2, 0) is 14.3 Å². The second-order valence-corrected chi connectivity index (χ2v) is 8.90. The van der Waals surface area contributed by atoms with Crippen molar-refractivity contribution in [3.63, 3.8) is 0 Å². The maximum absolute atomic E-state index is 13.7. The lowest BCUT2D eigenvalue weighted by atomic mass is 10.0. The molecular weight excluding hydrogens is 520 g/mol. The van der Waals surface area contributed by atoms with Gasteiger partial charge in [-0.1, -0.05) is 24.3 Å². The van der Waals surface area contributed by atoms with Crippen molar-refractivity contribution in [3.8, 4) is 11.5 Å². The molecule has 3 amide bonds. The Bertz CT molecular complexity index is 1390. The number of carbonyl (C=O) groups is 4. The molecular formula is C28H30N4O8. The average molecular weight is 551 g/mol. The van der Waals surface area contributed by atoms with Gasteiger partial charge in [0.1, 0.15) is 23.2 Å². The number of para-hydroxylation sites is 1. The van der Waals surface area contributed by atoms with E-state index in [-0.39, 0.29) is 44.4 Å². The first-order chi connectivity index (χ1) is 19.3. The molecule has 1 aliphatic heterocycles. The number of carboxylic acid groups (broad SMARTS) is 1. The molecule has 210 valence electrons. The molecule has 40 heavy (non-hydrogen) atoms. The van der Waals surface area contributed by atoms with Crippen LogP contribution in [0.1, 0.15) is 29.0 Å². The number of ether oxygens (including phenoxy) is 3. The zero-order chi connectivity index (χ0) is 28.6. The number of carboxylic acids is 1. The minimum Gasteiger partial charge on any atom is -0.496 e. The van der Waals surface area contributed by atoms with Crippen LogP contribution in [0, 0.1) is 0 Å². The molecule has 1 atom stereocenters. The molecule has 1 fully saturated rings. The first-order valence-corrected chi connectivity index (χ1v) is 12.7. The van der Waals surface area contributed by atoms with Gasteiger partial charge in [-0.3, -0.25) is 9.59 Å². The van der Waals surface area contributed by atoms with E-state index in [1.807, 2.05) is 12.1 Å². The third-order valence-electron chi connectivity index (χ3n) is 6.35. The van der Waals surface area contributed by atoms with E-state index < -0.39 is 30.6 Å². The van der Waals surface area contributed by atoms with E-state index in [0.29, 0.717) is 22.6 Å². The molecule has 12 heteroatoms. The molecule has 2 aromatic carbocycles. The van der Waals surface area contributed by atoms with E-state index in [9.17, 15) is 19.2 Å². The van der Waals surface area contributed by atoms with Gasteiger partial charge in [0.15, 0.2) is 6.61 Å². The maximum Gasteiger partial charge on any atom is 0.409 e. The summed E-state index contributed by atoms with van der Waals surface area (Å²) < 4.78 is 15.7. The monoisotopic (exact) mass is 550 g/mol. The minimum absolute atomic E-state index is 0.0712. The Labute approximate surface area is 230 Å². The quantitative estimate of drug-likeness (QED) is 0.410. The number of carbonyl (C=O) groups excluding carboxylic acids is 3. The highest BCUT2D eigenvalue weighted by Crippen LogP contribution is 2.26. The molecule has 4 rings (SSSR count). The zero-order valence-corrected chi connectivity index (χ0v) is 22.2. The van der Waals surface area contributed by atoms with Gasteiger partial charge in [-0.2, -0.15) is 0 Å². The van der Waals surface area contributed by atoms with Crippen LogP contribution in [0.5, 0.6) is 11.5 Å². The predicted molar refractivity (Wildman–Crippen MR) is 143 cm³/mol. The third-order valence-corrected chi connectivity index (χ3v) is 6.35. The number of rotatable bonds is 9. The standard InChI is InChI=1S/C28H30N4O8/c1-3-39-28(37)32-14-12-31(13-15-32)27(36)25(18-8-10-19(11-9-18)40-17-24(33)34)30-26(35)22-16-23(38-2)20-6-4-5-7-21(20)29-22/h4-11,16,25H,3,12-15,17H2,1-2H3,(H,30,35)(H,33,34). The van der Waals surface area contributed by atoms with Crippen molar-refractivity contribution in [3.05, 3.63) is 65.9 Å². The highest BCUT2D eigenvalue weighted by atomic mass is 16.6. The number of benzene rings is 2. The number of nitrogens with zero attached hydrogens (tertiary/aromatic N) is 3. The summed E-state index contributed by atoms with van der Waals surface area (Å²) in [4.78, 5) is 57.6. The van der Waals surface area contributed by atoms with Crippen molar-refractivity contribution in [2.45, 2.75) is 13.0 Å². The fourth-order valence-electron chi connectivity index (χ4n) is 4.33. The van der Waals surface area contributed by atoms with Crippen molar-refractivity contribution in [2.24, 2.45) is 0 Å². The first-order valence-electron chi connectivity index (χ1n) is 12.7. The van der Waals surface area contributed by atoms with Crippen LogP contribution in [0.3, 0.4) is 0 Å². The van der Waals surface area contributed by atoms with E-state index in [1.165, 1.54) is 30.2 Å². The lowest BCUT2D eigenvalue weighted by molar-refractivity contribution is -0.139. The summed E-state index contributed by atoms with van der Waals surface area (Å²) in [5, 5.41) is 12.4. The number of nitrogens with one attached hydrogen (secondary N) is 1. The number of hydrogen-bond acceptors (Lipinski definition) is 8. The second kappa shape index (κ2) is 12.8. The molecule has 0 spiro atoms. The topological polar surface area (TPSA) is 148 Å². The molecule has 0 saturated carbocycles. The van der Waals surface area contributed by atoms with Crippen LogP contribution in [0.2, 0.25) is 0 Å². The van der Waals surface area contributed by atoms with Gasteiger partial charge in [-0.05, 0) is 36.8 Å². The summed E-state index contributed by atoms with van der Waals surface area (Å²) in [6.45, 7) is 2.55. The largest absolute Gasteiger partial charge is 0.496 e. The Kier molecular flexibility index (Phi) is 9.00. The average Bonchev–Trinajstić information content (AvgIpc) is 2.98. The molecule has 1 aliphatic rings. The number of hydrogen-bond donors (Lipinski definition) is 2. The maximum atomic E-state index is 13.7. The van der Waals surface area contributed by atoms with Gasteiger partial charge in [-0.25, -0.2) is 14.6 Å². The normalized spacial score (nSPS) is 13.8. The van der Waals surface area contributed by atoms with E-state index in [2.05, 4.69) is 10.3 Å². The van der Waals surface area contributed by atoms with Crippen molar-refractivity contribution in [1.82, 2.24) is 20.1 Å². The summed E-state index contributed by atoms with van der Waals surface area (Å²) in [6, 6.07) is 13.9. The summed E-state index contributed by atoms with van der Waals surface area (Å²) in [5.41, 5.74) is 1.09. The van der Waals surface area contributed by atoms with E-state index in [4.69, 9.17) is 19.3 Å². The Balaban J connectivity index is 1.58. The third kappa shape index (κ3) is 6.57. The summed E-state index contributed by atoms with van der Waals surface area (Å²) in [5.74, 6) is -1.31. The van der Waals surface area contributed by atoms with Gasteiger partial charge in [0.25, 0.3) is 5.91 Å². The van der Waals surface area contributed by atoms with Crippen molar-refractivity contribution >= 4 is 34.8 Å². The highest BCUT2D eigenvalue weighted by molar-refractivity contribution is 5.99. The number of methoxy groups -OCH3 is 1. The molecule has 1 saturated heterocycles. The minimum atomic E-state index is -1.12. The van der Waals surface area contributed by atoms with Gasteiger partial charge in [-0.15, -0.1) is 0 Å².